The minimum Gasteiger partial charge on any atom is -0.394 e. The molecule has 0 radical (unpaired) electrons. The van der Waals surface area contributed by atoms with Gasteiger partial charge in [0.2, 0.25) is 0 Å². The molecular weight excluding hydrogens is 275 g/mol. The molecule has 1 heterocycles. The molecule has 1 aromatic rings. The molecule has 0 aliphatic carbocycles. The molecule has 0 aliphatic heterocycles. The fourth-order valence-electron chi connectivity index (χ4n) is 1.88. The summed E-state index contributed by atoms with van der Waals surface area (Å²) in [6.07, 6.45) is -3.20. The summed E-state index contributed by atoms with van der Waals surface area (Å²) in [5.74, 6) is -0.687. The highest BCUT2D eigenvalue weighted by Gasteiger charge is 2.39. The van der Waals surface area contributed by atoms with Gasteiger partial charge in [0, 0.05) is 13.2 Å². The van der Waals surface area contributed by atoms with Crippen LogP contribution in [0.25, 0.3) is 0 Å². The normalized spacial score (nSPS) is 13.6. The molecule has 0 fully saturated rings. The Morgan fingerprint density at radius 3 is 2.55 bits per heavy atom. The number of rotatable bonds is 5. The number of carbonyl (C=O) groups excluding carboxylic acids is 1. The highest BCUT2D eigenvalue weighted by molar-refractivity contribution is 5.95. The predicted octanol–water partition coefficient (Wildman–Crippen LogP) is 1.58. The number of halogens is 3. The minimum atomic E-state index is -4.69. The lowest BCUT2D eigenvalue weighted by Gasteiger charge is -2.18. The van der Waals surface area contributed by atoms with Crippen molar-refractivity contribution in [3.8, 4) is 0 Å². The Morgan fingerprint density at radius 2 is 2.10 bits per heavy atom. The average molecular weight is 293 g/mol. The van der Waals surface area contributed by atoms with Crippen LogP contribution in [0.15, 0.2) is 6.20 Å². The number of aliphatic hydroxyl groups excluding tert-OH is 1. The Hall–Kier alpha value is -1.57. The Kier molecular flexibility index (Phi) is 5.15. The molecule has 0 saturated carbocycles. The van der Waals surface area contributed by atoms with Crippen LogP contribution in [0.5, 0.6) is 0 Å². The lowest BCUT2D eigenvalue weighted by Crippen LogP contribution is -2.39. The molecule has 0 saturated heterocycles. The van der Waals surface area contributed by atoms with Crippen LogP contribution >= 0.6 is 0 Å². The van der Waals surface area contributed by atoms with E-state index in [-0.39, 0.29) is 12.5 Å². The van der Waals surface area contributed by atoms with E-state index in [2.05, 4.69) is 10.4 Å². The summed E-state index contributed by atoms with van der Waals surface area (Å²) in [6.45, 7) is 3.45. The molecule has 114 valence electrons. The quantitative estimate of drug-likeness (QED) is 0.866. The maximum atomic E-state index is 12.7. The van der Waals surface area contributed by atoms with Gasteiger partial charge in [-0.25, -0.2) is 0 Å². The van der Waals surface area contributed by atoms with Crippen LogP contribution in [0.1, 0.15) is 36.3 Å². The highest BCUT2D eigenvalue weighted by atomic mass is 19.4. The zero-order valence-electron chi connectivity index (χ0n) is 11.5. The molecule has 0 aromatic carbocycles. The van der Waals surface area contributed by atoms with Crippen LogP contribution in [-0.4, -0.2) is 33.4 Å². The number of aliphatic hydroxyl groups is 1. The average Bonchev–Trinajstić information content (AvgIpc) is 2.69. The van der Waals surface area contributed by atoms with Crippen LogP contribution in [-0.2, 0) is 13.2 Å². The SMILES string of the molecule is CC(C)CC(CO)NC(=O)c1cn(C)nc1C(F)(F)F. The number of nitrogens with one attached hydrogen (secondary N) is 1. The third kappa shape index (κ3) is 4.22. The first-order valence-corrected chi connectivity index (χ1v) is 6.17. The standard InChI is InChI=1S/C12H18F3N3O2/c1-7(2)4-8(6-19)16-11(20)9-5-18(3)17-10(9)12(13,14)15/h5,7-8,19H,4,6H2,1-3H3,(H,16,20). The Labute approximate surface area is 114 Å². The van der Waals surface area contributed by atoms with Crippen molar-refractivity contribution in [1.29, 1.82) is 0 Å². The number of hydrogen-bond acceptors (Lipinski definition) is 3. The Balaban J connectivity index is 2.92. The number of amides is 1. The topological polar surface area (TPSA) is 67.2 Å². The Bertz CT molecular complexity index is 469. The van der Waals surface area contributed by atoms with E-state index < -0.39 is 29.4 Å². The second-order valence-corrected chi connectivity index (χ2v) is 5.05. The van der Waals surface area contributed by atoms with Crippen molar-refractivity contribution in [1.82, 2.24) is 15.1 Å². The maximum Gasteiger partial charge on any atom is 0.435 e. The van der Waals surface area contributed by atoms with Crippen molar-refractivity contribution in [3.05, 3.63) is 17.5 Å². The zero-order chi connectivity index (χ0) is 15.5. The van der Waals surface area contributed by atoms with Gasteiger partial charge in [0.25, 0.3) is 5.91 Å². The summed E-state index contributed by atoms with van der Waals surface area (Å²) in [7, 11) is 1.31. The number of aromatic nitrogens is 2. The van der Waals surface area contributed by atoms with Gasteiger partial charge in [-0.1, -0.05) is 13.8 Å². The lowest BCUT2D eigenvalue weighted by molar-refractivity contribution is -0.141. The van der Waals surface area contributed by atoms with Crippen LogP contribution in [0.3, 0.4) is 0 Å². The highest BCUT2D eigenvalue weighted by Crippen LogP contribution is 2.30. The molecule has 5 nitrogen and oxygen atoms in total. The molecule has 1 unspecified atom stereocenters. The first kappa shape index (κ1) is 16.5. The van der Waals surface area contributed by atoms with Crippen LogP contribution < -0.4 is 5.32 Å². The molecule has 2 N–H and O–H groups in total. The van der Waals surface area contributed by atoms with Gasteiger partial charge >= 0.3 is 6.18 Å². The van der Waals surface area contributed by atoms with Crippen molar-refractivity contribution in [2.75, 3.05) is 6.61 Å². The molecule has 20 heavy (non-hydrogen) atoms. The Morgan fingerprint density at radius 1 is 1.50 bits per heavy atom. The van der Waals surface area contributed by atoms with Crippen LogP contribution in [0, 0.1) is 5.92 Å². The largest absolute Gasteiger partial charge is 0.435 e. The van der Waals surface area contributed by atoms with E-state index in [1.165, 1.54) is 7.05 Å². The van der Waals surface area contributed by atoms with Gasteiger partial charge in [-0.15, -0.1) is 0 Å². The third-order valence-corrected chi connectivity index (χ3v) is 2.65. The van der Waals surface area contributed by atoms with Gasteiger partial charge in [0.1, 0.15) is 0 Å². The number of nitrogens with zero attached hydrogens (tertiary/aromatic N) is 2. The van der Waals surface area contributed by atoms with Gasteiger partial charge in [-0.05, 0) is 12.3 Å². The van der Waals surface area contributed by atoms with Gasteiger partial charge in [-0.2, -0.15) is 18.3 Å². The van der Waals surface area contributed by atoms with E-state index in [1.807, 2.05) is 13.8 Å². The molecule has 1 amide bonds. The van der Waals surface area contributed by atoms with Crippen molar-refractivity contribution in [2.24, 2.45) is 13.0 Å². The number of hydrogen-bond donors (Lipinski definition) is 2. The summed E-state index contributed by atoms with van der Waals surface area (Å²) in [4.78, 5) is 11.9. The molecule has 0 aliphatic rings. The van der Waals surface area contributed by atoms with Gasteiger partial charge in [0.05, 0.1) is 18.2 Å². The van der Waals surface area contributed by atoms with Crippen LogP contribution in [0.2, 0.25) is 0 Å². The third-order valence-electron chi connectivity index (χ3n) is 2.65. The minimum absolute atomic E-state index is 0.198. The molecule has 0 bridgehead atoms. The fourth-order valence-corrected chi connectivity index (χ4v) is 1.88. The smallest absolute Gasteiger partial charge is 0.394 e. The first-order chi connectivity index (χ1) is 9.15. The second kappa shape index (κ2) is 6.25. The van der Waals surface area contributed by atoms with Crippen LogP contribution in [0.4, 0.5) is 13.2 Å². The first-order valence-electron chi connectivity index (χ1n) is 6.17. The summed E-state index contributed by atoms with van der Waals surface area (Å²) in [5.41, 5.74) is -1.76. The fraction of sp³-hybridized carbons (Fsp3) is 0.667. The van der Waals surface area contributed by atoms with Crippen molar-refractivity contribution >= 4 is 5.91 Å². The van der Waals surface area contributed by atoms with E-state index in [9.17, 15) is 18.0 Å². The monoisotopic (exact) mass is 293 g/mol. The molecule has 1 atom stereocenters. The van der Waals surface area contributed by atoms with Crippen molar-refractivity contribution < 1.29 is 23.1 Å². The van der Waals surface area contributed by atoms with E-state index in [4.69, 9.17) is 5.11 Å². The van der Waals surface area contributed by atoms with Gasteiger partial charge in [0.15, 0.2) is 5.69 Å². The number of alkyl halides is 3. The van der Waals surface area contributed by atoms with Gasteiger partial charge < -0.3 is 10.4 Å². The van der Waals surface area contributed by atoms with E-state index >= 15 is 0 Å². The maximum absolute atomic E-state index is 12.7. The van der Waals surface area contributed by atoms with E-state index in [1.54, 1.807) is 0 Å². The summed E-state index contributed by atoms with van der Waals surface area (Å²) in [5, 5.41) is 14.8. The summed E-state index contributed by atoms with van der Waals surface area (Å²) in [6, 6.07) is -0.580. The molecule has 8 heteroatoms. The summed E-state index contributed by atoms with van der Waals surface area (Å²) < 4.78 is 39.2. The zero-order valence-corrected chi connectivity index (χ0v) is 11.5. The van der Waals surface area contributed by atoms with E-state index in [0.29, 0.717) is 6.42 Å². The lowest BCUT2D eigenvalue weighted by atomic mass is 10.0. The second-order valence-electron chi connectivity index (χ2n) is 5.05. The van der Waals surface area contributed by atoms with Gasteiger partial charge in [-0.3, -0.25) is 9.48 Å². The van der Waals surface area contributed by atoms with E-state index in [0.717, 1.165) is 10.9 Å². The molecular formula is C12H18F3N3O2. The van der Waals surface area contributed by atoms with Crippen molar-refractivity contribution in [3.63, 3.8) is 0 Å². The number of aryl methyl sites for hydroxylation is 1. The summed E-state index contributed by atoms with van der Waals surface area (Å²) >= 11 is 0. The predicted molar refractivity (Wildman–Crippen MR) is 66.0 cm³/mol. The molecule has 1 rings (SSSR count). The number of carbonyl (C=O) groups is 1. The van der Waals surface area contributed by atoms with Crippen molar-refractivity contribution in [2.45, 2.75) is 32.5 Å². The molecule has 1 aromatic heterocycles. The molecule has 0 spiro atoms.